The summed E-state index contributed by atoms with van der Waals surface area (Å²) >= 11 is 0. The van der Waals surface area contributed by atoms with Crippen molar-refractivity contribution in [2.75, 3.05) is 12.4 Å². The third kappa shape index (κ3) is 3.65. The summed E-state index contributed by atoms with van der Waals surface area (Å²) in [5, 5.41) is 2.94. The van der Waals surface area contributed by atoms with Crippen molar-refractivity contribution >= 4 is 11.6 Å². The Kier molecular flexibility index (Phi) is 5.93. The third-order valence-electron chi connectivity index (χ3n) is 6.64. The second-order valence-electron chi connectivity index (χ2n) is 8.41. The lowest BCUT2D eigenvalue weighted by Crippen LogP contribution is -2.48. The van der Waals surface area contributed by atoms with Crippen LogP contribution in [0.2, 0.25) is 0 Å². The zero-order chi connectivity index (χ0) is 25.0. The Labute approximate surface area is 191 Å². The van der Waals surface area contributed by atoms with Gasteiger partial charge >= 0.3 is 6.18 Å². The van der Waals surface area contributed by atoms with Crippen molar-refractivity contribution in [2.45, 2.75) is 50.5 Å². The third-order valence-corrected chi connectivity index (χ3v) is 6.64. The molecular weight excluding hydrogens is 465 g/mol. The summed E-state index contributed by atoms with van der Waals surface area (Å²) in [5.41, 5.74) is 3.41. The number of hydrogen-bond donors (Lipinski definition) is 2. The number of carbonyl (C=O) groups excluding carboxylic acids is 1. The number of nitrogens with two attached hydrogens (primary N) is 1. The van der Waals surface area contributed by atoms with E-state index in [4.69, 9.17) is 19.9 Å². The molecule has 0 aliphatic carbocycles. The number of ether oxygens (including phenoxy) is 3. The van der Waals surface area contributed by atoms with Crippen molar-refractivity contribution < 1.29 is 41.0 Å². The van der Waals surface area contributed by atoms with Crippen LogP contribution in [0.1, 0.15) is 41.4 Å². The van der Waals surface area contributed by atoms with Crippen LogP contribution in [-0.2, 0) is 16.1 Å². The fourth-order valence-electron chi connectivity index (χ4n) is 4.66. The topological polar surface area (TPSA) is 95.7 Å². The van der Waals surface area contributed by atoms with Gasteiger partial charge in [-0.25, -0.2) is 4.39 Å². The first-order chi connectivity index (χ1) is 15.9. The molecule has 2 aliphatic rings. The van der Waals surface area contributed by atoms with E-state index in [0.717, 1.165) is 20.1 Å². The number of primary amides is 1. The van der Waals surface area contributed by atoms with E-state index in [2.05, 4.69) is 10.3 Å². The van der Waals surface area contributed by atoms with Gasteiger partial charge in [0.15, 0.2) is 23.4 Å². The van der Waals surface area contributed by atoms with Crippen LogP contribution in [-0.4, -0.2) is 42.1 Å². The number of halogens is 5. The zero-order valence-corrected chi connectivity index (χ0v) is 18.4. The summed E-state index contributed by atoms with van der Waals surface area (Å²) in [6, 6.07) is 3.53. The quantitative estimate of drug-likeness (QED) is 0.636. The van der Waals surface area contributed by atoms with Crippen LogP contribution >= 0.6 is 0 Å². The number of rotatable bonds is 4. The number of hydrogen-bond acceptors (Lipinski definition) is 6. The van der Waals surface area contributed by atoms with Crippen LogP contribution in [0.4, 0.5) is 27.6 Å². The molecule has 34 heavy (non-hydrogen) atoms. The number of methoxy groups -OCH3 is 1. The minimum atomic E-state index is -4.78. The fraction of sp³-hybridized carbons (Fsp3) is 0.455. The van der Waals surface area contributed by atoms with E-state index < -0.39 is 59.2 Å². The van der Waals surface area contributed by atoms with Gasteiger partial charge in [0.2, 0.25) is 5.82 Å². The number of carbonyl (C=O) groups is 1. The lowest BCUT2D eigenvalue weighted by Gasteiger charge is -2.35. The number of pyridine rings is 1. The minimum Gasteiger partial charge on any atom is -0.493 e. The number of aromatic nitrogens is 1. The lowest BCUT2D eigenvalue weighted by molar-refractivity contribution is -0.280. The molecular formula is C22H22F5N3O4. The van der Waals surface area contributed by atoms with E-state index in [1.54, 1.807) is 0 Å². The van der Waals surface area contributed by atoms with Gasteiger partial charge in [-0.3, -0.25) is 9.78 Å². The Hall–Kier alpha value is -2.99. The summed E-state index contributed by atoms with van der Waals surface area (Å²) < 4.78 is 87.1. The molecule has 0 unspecified atom stereocenters. The van der Waals surface area contributed by atoms with Crippen LogP contribution in [0.15, 0.2) is 24.4 Å². The van der Waals surface area contributed by atoms with Gasteiger partial charge < -0.3 is 25.3 Å². The summed E-state index contributed by atoms with van der Waals surface area (Å²) in [5.74, 6) is -6.15. The number of benzene rings is 1. The first-order valence-corrected chi connectivity index (χ1v) is 10.3. The van der Waals surface area contributed by atoms with Gasteiger partial charge in [-0.1, -0.05) is 13.0 Å². The molecule has 3 N–H and O–H groups in total. The predicted octanol–water partition coefficient (Wildman–Crippen LogP) is 3.88. The predicted molar refractivity (Wildman–Crippen MR) is 109 cm³/mol. The van der Waals surface area contributed by atoms with E-state index in [1.165, 1.54) is 25.3 Å². The van der Waals surface area contributed by atoms with Gasteiger partial charge in [0.1, 0.15) is 11.8 Å². The fourth-order valence-corrected chi connectivity index (χ4v) is 4.66. The number of alkyl halides is 3. The van der Waals surface area contributed by atoms with Crippen LogP contribution in [0.25, 0.3) is 0 Å². The first kappa shape index (κ1) is 24.1. The van der Waals surface area contributed by atoms with Gasteiger partial charge in [0.05, 0.1) is 13.7 Å². The Bertz CT molecular complexity index is 1130. The smallest absolute Gasteiger partial charge is 0.417 e. The second kappa shape index (κ2) is 8.35. The van der Waals surface area contributed by atoms with Crippen molar-refractivity contribution in [1.29, 1.82) is 0 Å². The Balaban J connectivity index is 1.80. The summed E-state index contributed by atoms with van der Waals surface area (Å²) in [6.45, 7) is 2.05. The Morgan fingerprint density at radius 1 is 1.29 bits per heavy atom. The molecule has 2 aromatic rings. The highest BCUT2D eigenvalue weighted by Gasteiger charge is 2.66. The van der Waals surface area contributed by atoms with Gasteiger partial charge in [-0.05, 0) is 19.1 Å². The van der Waals surface area contributed by atoms with Crippen molar-refractivity contribution in [3.63, 3.8) is 0 Å². The number of anilines is 1. The molecule has 1 aromatic carbocycles. The molecule has 1 fully saturated rings. The maximum atomic E-state index is 14.5. The van der Waals surface area contributed by atoms with Gasteiger partial charge in [0, 0.05) is 34.8 Å². The number of fused-ring (bicyclic) bond motifs is 1. The molecule has 184 valence electrons. The minimum absolute atomic E-state index is 0.00984. The Morgan fingerprint density at radius 2 is 2.00 bits per heavy atom. The summed E-state index contributed by atoms with van der Waals surface area (Å²) in [6.07, 6.45) is -5.88. The standard InChI is InChI=1S/C22H22F5N3O4/c1-9-14(10-4-5-12(23)15(24)17(10)32-3)18(34-21(9,2)22(25,26)27)20-30-13-6-7-29-16(19(28)31)11(13)8-33-20/h4-7,9,14,18,20,30H,8H2,1-3H3,(H2,28,31)/t9-,14-,18+,20+,21+/m0/s1. The molecule has 0 bridgehead atoms. The molecule has 3 heterocycles. The highest BCUT2D eigenvalue weighted by atomic mass is 19.4. The molecule has 0 spiro atoms. The SMILES string of the molecule is COc1c([C@H]2[C@H]([C@@H]3Nc4ccnc(C(N)=O)c4CO3)O[C@@](C)(C(F)(F)F)[C@H]2C)ccc(F)c1F. The second-order valence-corrected chi connectivity index (χ2v) is 8.41. The van der Waals surface area contributed by atoms with E-state index >= 15 is 0 Å². The molecule has 0 saturated carbocycles. The zero-order valence-electron chi connectivity index (χ0n) is 18.4. The Morgan fingerprint density at radius 3 is 2.62 bits per heavy atom. The molecule has 1 saturated heterocycles. The first-order valence-electron chi connectivity index (χ1n) is 10.3. The van der Waals surface area contributed by atoms with Gasteiger partial charge in [-0.15, -0.1) is 0 Å². The van der Waals surface area contributed by atoms with Crippen LogP contribution in [0.5, 0.6) is 5.75 Å². The number of nitrogens with one attached hydrogen (secondary N) is 1. The maximum absolute atomic E-state index is 14.5. The number of nitrogens with zero attached hydrogens (tertiary/aromatic N) is 1. The molecule has 12 heteroatoms. The van der Waals surface area contributed by atoms with E-state index in [-0.39, 0.29) is 17.9 Å². The summed E-state index contributed by atoms with van der Waals surface area (Å²) in [4.78, 5) is 15.6. The van der Waals surface area contributed by atoms with Crippen molar-refractivity contribution in [1.82, 2.24) is 4.98 Å². The molecule has 7 nitrogen and oxygen atoms in total. The maximum Gasteiger partial charge on any atom is 0.417 e. The van der Waals surface area contributed by atoms with Crippen molar-refractivity contribution in [3.05, 3.63) is 52.9 Å². The van der Waals surface area contributed by atoms with Crippen molar-refractivity contribution in [3.8, 4) is 5.75 Å². The normalized spacial score (nSPS) is 28.8. The molecule has 1 aromatic heterocycles. The molecule has 5 atom stereocenters. The molecule has 4 rings (SSSR count). The molecule has 0 radical (unpaired) electrons. The average molecular weight is 487 g/mol. The lowest BCUT2D eigenvalue weighted by atomic mass is 9.76. The molecule has 1 amide bonds. The monoisotopic (exact) mass is 487 g/mol. The highest BCUT2D eigenvalue weighted by molar-refractivity contribution is 5.93. The van der Waals surface area contributed by atoms with E-state index in [9.17, 15) is 26.7 Å². The van der Waals surface area contributed by atoms with Crippen LogP contribution in [0.3, 0.4) is 0 Å². The molecule has 2 aliphatic heterocycles. The van der Waals surface area contributed by atoms with Crippen LogP contribution in [0, 0.1) is 17.6 Å². The highest BCUT2D eigenvalue weighted by Crippen LogP contribution is 2.56. The average Bonchev–Trinajstić information content (AvgIpc) is 3.06. The van der Waals surface area contributed by atoms with Gasteiger partial charge in [0.25, 0.3) is 5.91 Å². The summed E-state index contributed by atoms with van der Waals surface area (Å²) in [7, 11) is 1.10. The largest absolute Gasteiger partial charge is 0.493 e. The van der Waals surface area contributed by atoms with Crippen molar-refractivity contribution in [2.24, 2.45) is 11.7 Å². The van der Waals surface area contributed by atoms with E-state index in [1.807, 2.05) is 0 Å². The van der Waals surface area contributed by atoms with Crippen LogP contribution < -0.4 is 15.8 Å². The number of amides is 1. The van der Waals surface area contributed by atoms with E-state index in [0.29, 0.717) is 11.3 Å². The van der Waals surface area contributed by atoms with Gasteiger partial charge in [-0.2, -0.15) is 17.6 Å².